The molecule has 0 N–H and O–H groups in total. The van der Waals surface area contributed by atoms with Crippen molar-refractivity contribution in [2.24, 2.45) is 11.3 Å². The van der Waals surface area contributed by atoms with Gasteiger partial charge in [0.2, 0.25) is 5.91 Å². The van der Waals surface area contributed by atoms with Crippen LogP contribution in [0.15, 0.2) is 0 Å². The first kappa shape index (κ1) is 14.4. The van der Waals surface area contributed by atoms with E-state index in [-0.39, 0.29) is 11.9 Å². The van der Waals surface area contributed by atoms with Gasteiger partial charge in [-0.15, -0.1) is 0 Å². The Balaban J connectivity index is 1.74. The molecule has 0 aromatic rings. The van der Waals surface area contributed by atoms with Gasteiger partial charge in [-0.25, -0.2) is 0 Å². The fourth-order valence-electron chi connectivity index (χ4n) is 3.66. The second-order valence-electron chi connectivity index (χ2n) is 6.34. The Labute approximate surface area is 115 Å². The van der Waals surface area contributed by atoms with Crippen LogP contribution < -0.4 is 0 Å². The summed E-state index contributed by atoms with van der Waals surface area (Å²) in [4.78, 5) is 25.1. The van der Waals surface area contributed by atoms with Gasteiger partial charge in [0.25, 0.3) is 0 Å². The molecule has 0 aromatic heterocycles. The summed E-state index contributed by atoms with van der Waals surface area (Å²) in [6.45, 7) is 4.16. The lowest BCUT2D eigenvalue weighted by Gasteiger charge is -2.24. The van der Waals surface area contributed by atoms with Gasteiger partial charge in [-0.3, -0.25) is 9.59 Å². The summed E-state index contributed by atoms with van der Waals surface area (Å²) >= 11 is 0. The van der Waals surface area contributed by atoms with Crippen LogP contribution in [0.3, 0.4) is 0 Å². The first-order chi connectivity index (χ1) is 9.04. The van der Waals surface area contributed by atoms with Crippen LogP contribution >= 0.6 is 0 Å². The predicted octanol–water partition coefficient (Wildman–Crippen LogP) is 2.37. The fourth-order valence-corrected chi connectivity index (χ4v) is 3.66. The first-order valence-corrected chi connectivity index (χ1v) is 7.39. The van der Waals surface area contributed by atoms with Gasteiger partial charge in [-0.05, 0) is 37.0 Å². The van der Waals surface area contributed by atoms with Crippen LogP contribution in [-0.4, -0.2) is 37.0 Å². The average Bonchev–Trinajstić information content (AvgIpc) is 2.96. The average molecular weight is 267 g/mol. The molecule has 1 heterocycles. The molecule has 1 spiro atoms. The van der Waals surface area contributed by atoms with Gasteiger partial charge < -0.3 is 9.64 Å². The van der Waals surface area contributed by atoms with Gasteiger partial charge in [-0.1, -0.05) is 13.3 Å². The molecule has 19 heavy (non-hydrogen) atoms. The number of hydrogen-bond donors (Lipinski definition) is 0. The summed E-state index contributed by atoms with van der Waals surface area (Å²) in [6, 6.07) is 0. The molecule has 0 unspecified atom stereocenters. The van der Waals surface area contributed by atoms with Crippen molar-refractivity contribution in [1.29, 1.82) is 0 Å². The first-order valence-electron chi connectivity index (χ1n) is 7.39. The van der Waals surface area contributed by atoms with E-state index in [9.17, 15) is 9.59 Å². The summed E-state index contributed by atoms with van der Waals surface area (Å²) in [7, 11) is 1.38. The Bertz CT molecular complexity index is 355. The number of carbonyl (C=O) groups is 2. The summed E-state index contributed by atoms with van der Waals surface area (Å²) < 4.78 is 4.58. The van der Waals surface area contributed by atoms with E-state index in [0.29, 0.717) is 24.7 Å². The van der Waals surface area contributed by atoms with Crippen LogP contribution in [0.5, 0.6) is 0 Å². The number of hydrogen-bond acceptors (Lipinski definition) is 3. The summed E-state index contributed by atoms with van der Waals surface area (Å²) in [6.07, 6.45) is 6.45. The predicted molar refractivity (Wildman–Crippen MR) is 72.5 cm³/mol. The maximum atomic E-state index is 12.1. The normalized spacial score (nSPS) is 30.0. The zero-order valence-electron chi connectivity index (χ0n) is 12.1. The number of nitrogens with zero attached hydrogens (tertiary/aromatic N) is 1. The number of esters is 1. The third-order valence-electron chi connectivity index (χ3n) is 4.74. The van der Waals surface area contributed by atoms with Crippen LogP contribution in [-0.2, 0) is 14.3 Å². The van der Waals surface area contributed by atoms with Gasteiger partial charge in [0.1, 0.15) is 0 Å². The standard InChI is InChI=1S/C15H25NO3/c1-12-6-7-15(10-12)8-9-16(11-15)13(17)4-3-5-14(18)19-2/h12H,3-11H2,1-2H3/t12-,15+/m0/s1. The third-order valence-corrected chi connectivity index (χ3v) is 4.74. The van der Waals surface area contributed by atoms with Crippen molar-refractivity contribution in [3.8, 4) is 0 Å². The highest BCUT2D eigenvalue weighted by atomic mass is 16.5. The molecule has 1 aliphatic carbocycles. The number of likely N-dealkylation sites (tertiary alicyclic amines) is 1. The summed E-state index contributed by atoms with van der Waals surface area (Å²) in [5, 5.41) is 0. The SMILES string of the molecule is COC(=O)CCCC(=O)N1CC[C@@]2(CC[C@H](C)C2)C1. The van der Waals surface area contributed by atoms with Crippen LogP contribution in [0.4, 0.5) is 0 Å². The Kier molecular flexibility index (Phi) is 4.48. The van der Waals surface area contributed by atoms with E-state index in [2.05, 4.69) is 11.7 Å². The molecule has 1 saturated carbocycles. The minimum atomic E-state index is -0.227. The van der Waals surface area contributed by atoms with Gasteiger partial charge in [0.15, 0.2) is 0 Å². The largest absolute Gasteiger partial charge is 0.469 e. The van der Waals surface area contributed by atoms with Crippen molar-refractivity contribution in [3.05, 3.63) is 0 Å². The van der Waals surface area contributed by atoms with Crippen molar-refractivity contribution in [2.45, 2.75) is 51.9 Å². The number of carbonyl (C=O) groups excluding carboxylic acids is 2. The number of methoxy groups -OCH3 is 1. The van der Waals surface area contributed by atoms with Gasteiger partial charge >= 0.3 is 5.97 Å². The van der Waals surface area contributed by atoms with E-state index in [1.165, 1.54) is 32.8 Å². The van der Waals surface area contributed by atoms with Gasteiger partial charge in [0, 0.05) is 25.9 Å². The van der Waals surface area contributed by atoms with Crippen molar-refractivity contribution in [3.63, 3.8) is 0 Å². The van der Waals surface area contributed by atoms with Gasteiger partial charge in [-0.2, -0.15) is 0 Å². The molecule has 0 radical (unpaired) electrons. The van der Waals surface area contributed by atoms with E-state index in [0.717, 1.165) is 19.0 Å². The van der Waals surface area contributed by atoms with Crippen molar-refractivity contribution in [2.75, 3.05) is 20.2 Å². The van der Waals surface area contributed by atoms with Crippen LogP contribution in [0.1, 0.15) is 51.9 Å². The Hall–Kier alpha value is -1.06. The molecule has 2 atom stereocenters. The highest BCUT2D eigenvalue weighted by Gasteiger charge is 2.43. The molecule has 4 heteroatoms. The lowest BCUT2D eigenvalue weighted by Crippen LogP contribution is -2.31. The van der Waals surface area contributed by atoms with Crippen LogP contribution in [0.2, 0.25) is 0 Å². The summed E-state index contributed by atoms with van der Waals surface area (Å²) in [5.41, 5.74) is 0.414. The minimum absolute atomic E-state index is 0.209. The van der Waals surface area contributed by atoms with E-state index in [1.807, 2.05) is 4.90 Å². The third kappa shape index (κ3) is 3.48. The Morgan fingerprint density at radius 3 is 2.74 bits per heavy atom. The van der Waals surface area contributed by atoms with E-state index in [1.54, 1.807) is 0 Å². The molecular weight excluding hydrogens is 242 g/mol. The highest BCUT2D eigenvalue weighted by molar-refractivity contribution is 5.77. The molecule has 4 nitrogen and oxygen atoms in total. The Morgan fingerprint density at radius 2 is 2.11 bits per heavy atom. The highest BCUT2D eigenvalue weighted by Crippen LogP contribution is 2.47. The molecule has 2 aliphatic rings. The second-order valence-corrected chi connectivity index (χ2v) is 6.34. The van der Waals surface area contributed by atoms with Crippen molar-refractivity contribution >= 4 is 11.9 Å². The number of amides is 1. The molecule has 2 fully saturated rings. The molecule has 0 aromatic carbocycles. The zero-order valence-corrected chi connectivity index (χ0v) is 12.1. The summed E-state index contributed by atoms with van der Waals surface area (Å²) in [5.74, 6) is 0.796. The Morgan fingerprint density at radius 1 is 1.32 bits per heavy atom. The monoisotopic (exact) mass is 267 g/mol. The zero-order chi connectivity index (χ0) is 13.9. The fraction of sp³-hybridized carbons (Fsp3) is 0.867. The molecule has 1 aliphatic heterocycles. The minimum Gasteiger partial charge on any atom is -0.469 e. The smallest absolute Gasteiger partial charge is 0.305 e. The number of ether oxygens (including phenoxy) is 1. The van der Waals surface area contributed by atoms with Crippen LogP contribution in [0, 0.1) is 11.3 Å². The van der Waals surface area contributed by atoms with E-state index >= 15 is 0 Å². The molecule has 1 amide bonds. The molecule has 108 valence electrons. The van der Waals surface area contributed by atoms with Crippen LogP contribution in [0.25, 0.3) is 0 Å². The quantitative estimate of drug-likeness (QED) is 0.735. The maximum absolute atomic E-state index is 12.1. The van der Waals surface area contributed by atoms with E-state index in [4.69, 9.17) is 0 Å². The van der Waals surface area contributed by atoms with Crippen molar-refractivity contribution < 1.29 is 14.3 Å². The van der Waals surface area contributed by atoms with Crippen molar-refractivity contribution in [1.82, 2.24) is 4.90 Å². The lowest BCUT2D eigenvalue weighted by atomic mass is 9.85. The second kappa shape index (κ2) is 5.93. The lowest BCUT2D eigenvalue weighted by molar-refractivity contribution is -0.140. The van der Waals surface area contributed by atoms with E-state index < -0.39 is 0 Å². The maximum Gasteiger partial charge on any atom is 0.305 e. The molecule has 2 rings (SSSR count). The molecule has 0 bridgehead atoms. The molecule has 1 saturated heterocycles. The topological polar surface area (TPSA) is 46.6 Å². The molecular formula is C15H25NO3. The van der Waals surface area contributed by atoms with Gasteiger partial charge in [0.05, 0.1) is 7.11 Å². The number of rotatable bonds is 4.